The Morgan fingerprint density at radius 3 is 2.00 bits per heavy atom. The van der Waals surface area contributed by atoms with E-state index in [9.17, 15) is 4.79 Å². The molecule has 0 bridgehead atoms. The molecule has 2 aromatic rings. The zero-order chi connectivity index (χ0) is 12.3. The molecule has 0 spiro atoms. The fourth-order valence-electron chi connectivity index (χ4n) is 1.43. The molecule has 18 heavy (non-hydrogen) atoms. The van der Waals surface area contributed by atoms with E-state index in [0.29, 0.717) is 15.6 Å². The Hall–Kier alpha value is -0.283. The molecular weight excluding hydrogens is 281 g/mol. The zero-order valence-electron chi connectivity index (χ0n) is 8.78. The average Bonchev–Trinajstić information content (AvgIpc) is 2.30. The molecule has 0 amide bonds. The number of benzene rings is 2. The topological polar surface area (TPSA) is 17.1 Å². The molecule has 0 aliphatic heterocycles. The van der Waals surface area contributed by atoms with E-state index in [2.05, 4.69) is 0 Å². The van der Waals surface area contributed by atoms with Crippen LogP contribution in [-0.4, -0.2) is 24.4 Å². The van der Waals surface area contributed by atoms with Crippen LogP contribution in [0.2, 0.25) is 10.0 Å². The molecule has 0 fully saturated rings. The van der Waals surface area contributed by atoms with Crippen molar-refractivity contribution in [3.63, 3.8) is 0 Å². The van der Waals surface area contributed by atoms with Crippen LogP contribution in [0.3, 0.4) is 0 Å². The molecule has 0 aromatic heterocycles. The van der Waals surface area contributed by atoms with Crippen LogP contribution >= 0.6 is 31.8 Å². The van der Waals surface area contributed by atoms with Crippen LogP contribution in [0.1, 0.15) is 10.4 Å². The minimum absolute atomic E-state index is 0. The van der Waals surface area contributed by atoms with E-state index in [1.165, 1.54) is 0 Å². The van der Waals surface area contributed by atoms with E-state index < -0.39 is 0 Å². The van der Waals surface area contributed by atoms with E-state index in [-0.39, 0.29) is 33.0 Å². The van der Waals surface area contributed by atoms with Crippen LogP contribution < -0.4 is 5.30 Å². The van der Waals surface area contributed by atoms with Crippen molar-refractivity contribution in [2.24, 2.45) is 0 Å². The van der Waals surface area contributed by atoms with Gasteiger partial charge in [-0.25, -0.2) is 0 Å². The van der Waals surface area contributed by atoms with Gasteiger partial charge in [-0.2, -0.15) is 0 Å². The molecule has 1 atom stereocenters. The van der Waals surface area contributed by atoms with Crippen molar-refractivity contribution in [3.05, 3.63) is 64.1 Å². The van der Waals surface area contributed by atoms with Crippen LogP contribution in [-0.2, 0) is 0 Å². The van der Waals surface area contributed by atoms with Gasteiger partial charge >= 0.3 is 18.9 Å². The summed E-state index contributed by atoms with van der Waals surface area (Å²) in [6, 6.07) is 14.6. The van der Waals surface area contributed by atoms with E-state index >= 15 is 0 Å². The first-order valence-corrected chi connectivity index (χ1v) is 6.74. The predicted octanol–water partition coefficient (Wildman–Crippen LogP) is 3.49. The number of halogens is 2. The molecular formula is C13H10Cl2LiOP. The molecule has 0 saturated heterocycles. The van der Waals surface area contributed by atoms with Gasteiger partial charge in [0.15, 0.2) is 5.52 Å². The summed E-state index contributed by atoms with van der Waals surface area (Å²) in [6.07, 6.45) is 0. The molecule has 0 saturated carbocycles. The Morgan fingerprint density at radius 1 is 0.889 bits per heavy atom. The molecule has 1 unspecified atom stereocenters. The standard InChI is InChI=1S/C13H9Cl2OP.Li.H/c14-10-7-4-8-11(15)12(10)13(16)17-9-5-2-1-3-6-9;;/h1-8,17H;;. The van der Waals surface area contributed by atoms with Crippen molar-refractivity contribution in [2.45, 2.75) is 0 Å². The summed E-state index contributed by atoms with van der Waals surface area (Å²) in [5, 5.41) is 1.80. The molecule has 2 rings (SSSR count). The molecule has 2 aromatic carbocycles. The van der Waals surface area contributed by atoms with Crippen LogP contribution in [0, 0.1) is 0 Å². The molecule has 0 radical (unpaired) electrons. The van der Waals surface area contributed by atoms with Crippen molar-refractivity contribution < 1.29 is 4.79 Å². The van der Waals surface area contributed by atoms with Gasteiger partial charge in [0.2, 0.25) is 0 Å². The fraction of sp³-hybridized carbons (Fsp3) is 0. The second-order valence-corrected chi connectivity index (χ2v) is 5.51. The fourth-order valence-corrected chi connectivity index (χ4v) is 3.17. The maximum absolute atomic E-state index is 12.1. The third-order valence-corrected chi connectivity index (χ3v) is 3.95. The number of carbonyl (C=O) groups is 1. The van der Waals surface area contributed by atoms with Gasteiger partial charge in [0.25, 0.3) is 0 Å². The Balaban J connectivity index is 0.00000162. The van der Waals surface area contributed by atoms with E-state index in [1.807, 2.05) is 30.3 Å². The van der Waals surface area contributed by atoms with E-state index in [0.717, 1.165) is 5.30 Å². The monoisotopic (exact) mass is 290 g/mol. The van der Waals surface area contributed by atoms with Gasteiger partial charge in [-0.15, -0.1) is 0 Å². The quantitative estimate of drug-likeness (QED) is 0.625. The van der Waals surface area contributed by atoms with Crippen LogP contribution in [0.4, 0.5) is 0 Å². The molecule has 1 nitrogen and oxygen atoms in total. The normalized spacial score (nSPS) is 10.3. The summed E-state index contributed by atoms with van der Waals surface area (Å²) in [5.74, 6) is 0. The summed E-state index contributed by atoms with van der Waals surface area (Å²) in [5.41, 5.74) is 0.379. The second kappa shape index (κ2) is 7.34. The van der Waals surface area contributed by atoms with Crippen molar-refractivity contribution >= 4 is 61.5 Å². The van der Waals surface area contributed by atoms with Crippen LogP contribution in [0.25, 0.3) is 0 Å². The zero-order valence-corrected chi connectivity index (χ0v) is 11.3. The number of hydrogen-bond donors (Lipinski definition) is 0. The molecule has 0 aliphatic rings. The summed E-state index contributed by atoms with van der Waals surface area (Å²) in [6.45, 7) is 0. The van der Waals surface area contributed by atoms with Gasteiger partial charge < -0.3 is 0 Å². The van der Waals surface area contributed by atoms with Crippen molar-refractivity contribution in [1.82, 2.24) is 0 Å². The first kappa shape index (κ1) is 15.8. The third kappa shape index (κ3) is 3.85. The van der Waals surface area contributed by atoms with Crippen LogP contribution in [0.15, 0.2) is 48.5 Å². The SMILES string of the molecule is O=C(Pc1ccccc1)c1c(Cl)cccc1Cl.[LiH]. The van der Waals surface area contributed by atoms with Gasteiger partial charge in [0.1, 0.15) is 0 Å². The molecule has 88 valence electrons. The second-order valence-electron chi connectivity index (χ2n) is 3.42. The minimum atomic E-state index is -0.0354. The first-order chi connectivity index (χ1) is 8.18. The van der Waals surface area contributed by atoms with Gasteiger partial charge in [0, 0.05) is 0 Å². The van der Waals surface area contributed by atoms with Crippen molar-refractivity contribution in [3.8, 4) is 0 Å². The molecule has 0 N–H and O–H groups in total. The number of carbonyl (C=O) groups excluding carboxylic acids is 1. The van der Waals surface area contributed by atoms with E-state index in [1.54, 1.807) is 18.2 Å². The Bertz CT molecular complexity index is 526. The summed E-state index contributed by atoms with van der Waals surface area (Å²) in [7, 11) is 0.0407. The summed E-state index contributed by atoms with van der Waals surface area (Å²) < 4.78 is 0. The van der Waals surface area contributed by atoms with E-state index in [4.69, 9.17) is 23.2 Å². The Labute approximate surface area is 130 Å². The Kier molecular flexibility index (Phi) is 6.43. The average molecular weight is 291 g/mol. The van der Waals surface area contributed by atoms with Gasteiger partial charge in [-0.05, 0) is 26.0 Å². The third-order valence-electron chi connectivity index (χ3n) is 2.22. The van der Waals surface area contributed by atoms with Gasteiger partial charge in [-0.1, -0.05) is 59.6 Å². The van der Waals surface area contributed by atoms with Crippen molar-refractivity contribution in [2.75, 3.05) is 0 Å². The summed E-state index contributed by atoms with van der Waals surface area (Å²) >= 11 is 12.0. The number of rotatable bonds is 3. The predicted molar refractivity (Wildman–Crippen MR) is 82.3 cm³/mol. The summed E-state index contributed by atoms with van der Waals surface area (Å²) in [4.78, 5) is 12.1. The first-order valence-electron chi connectivity index (χ1n) is 4.99. The number of hydrogen-bond acceptors (Lipinski definition) is 1. The van der Waals surface area contributed by atoms with Crippen LogP contribution in [0.5, 0.6) is 0 Å². The molecule has 5 heteroatoms. The van der Waals surface area contributed by atoms with Gasteiger partial charge in [-0.3, -0.25) is 4.79 Å². The Morgan fingerprint density at radius 2 is 1.44 bits per heavy atom. The van der Waals surface area contributed by atoms with Gasteiger partial charge in [0.05, 0.1) is 15.6 Å². The maximum atomic E-state index is 12.1. The molecule has 0 aliphatic carbocycles. The molecule has 0 heterocycles. The van der Waals surface area contributed by atoms with Crippen molar-refractivity contribution in [1.29, 1.82) is 0 Å².